The molecule has 1 aliphatic rings. The molecule has 0 unspecified atom stereocenters. The van der Waals surface area contributed by atoms with Crippen molar-refractivity contribution in [3.8, 4) is 0 Å². The normalized spacial score (nSPS) is 18.2. The molecule has 0 nitrogen and oxygen atoms in total. The van der Waals surface area contributed by atoms with E-state index in [9.17, 15) is 0 Å². The molecular weight excluding hydrogens is 195 g/mol. The molecule has 0 amide bonds. The van der Waals surface area contributed by atoms with E-state index in [0.29, 0.717) is 0 Å². The van der Waals surface area contributed by atoms with Crippen molar-refractivity contribution in [2.24, 2.45) is 0 Å². The average molecular weight is 210 g/mol. The Morgan fingerprint density at radius 3 is 2.55 bits per heavy atom. The van der Waals surface area contributed by atoms with Crippen LogP contribution < -0.4 is 0 Å². The van der Waals surface area contributed by atoms with Gasteiger partial charge in [0.15, 0.2) is 0 Å². The predicted molar refractivity (Wildman–Crippen MR) is 48.9 cm³/mol. The third kappa shape index (κ3) is 1.86. The number of hydrogen-bond acceptors (Lipinski definition) is 0. The van der Waals surface area contributed by atoms with Crippen LogP contribution >= 0.6 is 0 Å². The summed E-state index contributed by atoms with van der Waals surface area (Å²) in [6, 6.07) is 0. The van der Waals surface area contributed by atoms with Crippen LogP contribution in [0.15, 0.2) is 21.4 Å². The Balaban J connectivity index is 2.87. The van der Waals surface area contributed by atoms with Crippen LogP contribution in [0.3, 0.4) is 0 Å². The molecule has 1 aliphatic carbocycles. The second-order valence-corrected chi connectivity index (χ2v) is 6.71. The third-order valence-corrected chi connectivity index (χ3v) is 4.67. The molecule has 0 saturated carbocycles. The molecule has 0 aliphatic heterocycles. The summed E-state index contributed by atoms with van der Waals surface area (Å²) in [5.74, 6) is 0. The molecule has 65 valence electrons. The van der Waals surface area contributed by atoms with Gasteiger partial charge in [0, 0.05) is 0 Å². The number of allylic oxidation sites excluding steroid dienone is 4. The van der Waals surface area contributed by atoms with E-state index in [4.69, 9.17) is 15.5 Å². The summed E-state index contributed by atoms with van der Waals surface area (Å²) < 4.78 is 1.27. The third-order valence-electron chi connectivity index (χ3n) is 2.09. The van der Waals surface area contributed by atoms with Crippen molar-refractivity contribution in [3.63, 3.8) is 0 Å². The van der Waals surface area contributed by atoms with Gasteiger partial charge >= 0.3 is 78.5 Å². The van der Waals surface area contributed by atoms with E-state index in [1.807, 2.05) is 0 Å². The first kappa shape index (κ1) is 9.28. The first-order valence-electron chi connectivity index (χ1n) is 4.21. The molecular formula is C9H15NiSi. The van der Waals surface area contributed by atoms with Crippen LogP contribution in [0.1, 0.15) is 19.8 Å². The molecule has 0 aromatic rings. The predicted octanol–water partition coefficient (Wildman–Crippen LogP) is 2.55. The molecule has 0 spiro atoms. The maximum atomic E-state index is 5.00. The quantitative estimate of drug-likeness (QED) is 0.614. The van der Waals surface area contributed by atoms with Crippen molar-refractivity contribution in [2.75, 3.05) is 0 Å². The summed E-state index contributed by atoms with van der Waals surface area (Å²) in [6.07, 6.45) is 4.55. The molecule has 0 aromatic heterocycles. The van der Waals surface area contributed by atoms with E-state index >= 15 is 0 Å². The van der Waals surface area contributed by atoms with Crippen LogP contribution in [0.2, 0.25) is 13.1 Å². The molecule has 11 heavy (non-hydrogen) atoms. The maximum absolute atomic E-state index is 5.00. The van der Waals surface area contributed by atoms with Crippen LogP contribution in [0, 0.1) is 0 Å². The molecule has 0 aromatic carbocycles. The van der Waals surface area contributed by atoms with Crippen molar-refractivity contribution in [2.45, 2.75) is 32.9 Å². The van der Waals surface area contributed by atoms with E-state index < -0.39 is 8.80 Å². The fourth-order valence-corrected chi connectivity index (χ4v) is 4.48. The summed E-state index contributed by atoms with van der Waals surface area (Å²) in [7, 11) is -0.639. The fraction of sp³-hybridized carbons (Fsp3) is 0.556. The molecule has 0 atom stereocenters. The summed E-state index contributed by atoms with van der Waals surface area (Å²) in [6.45, 7) is 6.95. The molecule has 2 heteroatoms. The SMILES string of the molecule is CCC1=CC[C]([Ni])=C1[SiH](C)C. The Hall–Kier alpha value is 0.190. The first-order chi connectivity index (χ1) is 5.16. The van der Waals surface area contributed by atoms with Crippen LogP contribution in [-0.4, -0.2) is 8.80 Å². The van der Waals surface area contributed by atoms with E-state index in [1.54, 1.807) is 10.8 Å². The summed E-state index contributed by atoms with van der Waals surface area (Å²) in [4.78, 5) is 0. The van der Waals surface area contributed by atoms with E-state index in [2.05, 4.69) is 26.1 Å². The van der Waals surface area contributed by atoms with Crippen LogP contribution in [0.5, 0.6) is 0 Å². The van der Waals surface area contributed by atoms with Gasteiger partial charge in [-0.05, 0) is 0 Å². The Bertz CT molecular complexity index is 214. The van der Waals surface area contributed by atoms with E-state index in [-0.39, 0.29) is 0 Å². The fourth-order valence-electron chi connectivity index (χ4n) is 1.59. The molecule has 0 radical (unpaired) electrons. The van der Waals surface area contributed by atoms with Gasteiger partial charge < -0.3 is 0 Å². The molecule has 0 fully saturated rings. The Labute approximate surface area is 78.7 Å². The standard InChI is InChI=1S/C9H15Si.Ni/c1-4-8-6-5-7-9(8)10(2)3;/h6,10H,4-5H2,1-3H3;. The van der Waals surface area contributed by atoms with Crippen molar-refractivity contribution >= 4 is 8.80 Å². The van der Waals surface area contributed by atoms with Crippen molar-refractivity contribution < 1.29 is 15.5 Å². The van der Waals surface area contributed by atoms with Crippen LogP contribution in [0.25, 0.3) is 0 Å². The summed E-state index contributed by atoms with van der Waals surface area (Å²) >= 11 is 5.00. The Morgan fingerprint density at radius 2 is 2.18 bits per heavy atom. The van der Waals surface area contributed by atoms with Gasteiger partial charge in [-0.25, -0.2) is 0 Å². The molecule has 0 bridgehead atoms. The van der Waals surface area contributed by atoms with E-state index in [1.165, 1.54) is 11.0 Å². The Morgan fingerprint density at radius 1 is 1.55 bits per heavy atom. The van der Waals surface area contributed by atoms with Crippen molar-refractivity contribution in [1.82, 2.24) is 0 Å². The van der Waals surface area contributed by atoms with Crippen LogP contribution in [-0.2, 0) is 15.5 Å². The number of rotatable bonds is 2. The van der Waals surface area contributed by atoms with Gasteiger partial charge in [-0.1, -0.05) is 0 Å². The van der Waals surface area contributed by atoms with Gasteiger partial charge in [0.05, 0.1) is 0 Å². The van der Waals surface area contributed by atoms with Gasteiger partial charge in [0.2, 0.25) is 0 Å². The van der Waals surface area contributed by atoms with Gasteiger partial charge in [0.25, 0.3) is 0 Å². The van der Waals surface area contributed by atoms with Crippen LogP contribution in [0.4, 0.5) is 0 Å². The van der Waals surface area contributed by atoms with Gasteiger partial charge in [0.1, 0.15) is 0 Å². The van der Waals surface area contributed by atoms with Gasteiger partial charge in [-0.2, -0.15) is 0 Å². The average Bonchev–Trinajstić information content (AvgIpc) is 2.30. The number of hydrogen-bond donors (Lipinski definition) is 0. The molecule has 0 N–H and O–H groups in total. The summed E-state index contributed by atoms with van der Waals surface area (Å²) in [5, 5.41) is 1.59. The van der Waals surface area contributed by atoms with Gasteiger partial charge in [-0.15, -0.1) is 0 Å². The Kier molecular flexibility index (Phi) is 3.15. The van der Waals surface area contributed by atoms with Crippen molar-refractivity contribution in [3.05, 3.63) is 21.4 Å². The summed E-state index contributed by atoms with van der Waals surface area (Å²) in [5.41, 5.74) is 1.55. The second kappa shape index (κ2) is 3.73. The molecule has 0 heterocycles. The second-order valence-electron chi connectivity index (χ2n) is 3.22. The monoisotopic (exact) mass is 209 g/mol. The van der Waals surface area contributed by atoms with Crippen molar-refractivity contribution in [1.29, 1.82) is 0 Å². The van der Waals surface area contributed by atoms with Gasteiger partial charge in [-0.3, -0.25) is 0 Å². The zero-order valence-corrected chi connectivity index (χ0v) is 9.53. The minimum atomic E-state index is -0.639. The first-order valence-corrected chi connectivity index (χ1v) is 7.59. The van der Waals surface area contributed by atoms with E-state index in [0.717, 1.165) is 6.42 Å². The topological polar surface area (TPSA) is 0 Å². The zero-order valence-electron chi connectivity index (χ0n) is 7.39. The zero-order chi connectivity index (χ0) is 8.43. The molecule has 0 saturated heterocycles. The molecule has 1 rings (SSSR count). The minimum absolute atomic E-state index is 0.639.